The third-order valence-electron chi connectivity index (χ3n) is 4.89. The Morgan fingerprint density at radius 1 is 1.31 bits per heavy atom. The molecule has 0 fully saturated rings. The molecule has 1 aliphatic carbocycles. The van der Waals surface area contributed by atoms with Gasteiger partial charge in [-0.2, -0.15) is 0 Å². The molecule has 1 aromatic carbocycles. The topological polar surface area (TPSA) is 88.8 Å². The number of nitrogens with one attached hydrogen (secondary N) is 1. The molecule has 2 aromatic rings. The van der Waals surface area contributed by atoms with Gasteiger partial charge in [0.25, 0.3) is 5.91 Å². The van der Waals surface area contributed by atoms with Gasteiger partial charge in [0.15, 0.2) is 6.61 Å². The SMILES string of the molecule is Cc1cc(OCC(=O)N[C@@H](CO)C(C)C)c2c3c(c(=O)oc2c1)CCC3. The summed E-state index contributed by atoms with van der Waals surface area (Å²) in [6, 6.07) is 3.38. The van der Waals surface area contributed by atoms with Gasteiger partial charge in [0.05, 0.1) is 18.0 Å². The Balaban J connectivity index is 1.87. The van der Waals surface area contributed by atoms with Crippen molar-refractivity contribution in [3.63, 3.8) is 0 Å². The molecule has 140 valence electrons. The number of carbonyl (C=O) groups is 1. The Kier molecular flexibility index (Phi) is 5.32. The first-order chi connectivity index (χ1) is 12.4. The van der Waals surface area contributed by atoms with Gasteiger partial charge in [-0.15, -0.1) is 0 Å². The number of rotatable bonds is 6. The largest absolute Gasteiger partial charge is 0.483 e. The van der Waals surface area contributed by atoms with E-state index in [4.69, 9.17) is 9.15 Å². The predicted octanol–water partition coefficient (Wildman–Crippen LogP) is 2.10. The molecule has 0 saturated heterocycles. The van der Waals surface area contributed by atoms with Crippen molar-refractivity contribution >= 4 is 16.9 Å². The molecule has 0 unspecified atom stereocenters. The minimum Gasteiger partial charge on any atom is -0.483 e. The molecule has 1 amide bonds. The van der Waals surface area contributed by atoms with Crippen molar-refractivity contribution in [1.29, 1.82) is 0 Å². The van der Waals surface area contributed by atoms with Crippen molar-refractivity contribution in [2.24, 2.45) is 5.92 Å². The van der Waals surface area contributed by atoms with E-state index in [1.54, 1.807) is 0 Å². The summed E-state index contributed by atoms with van der Waals surface area (Å²) < 4.78 is 11.3. The number of aryl methyl sites for hydroxylation is 2. The number of carbonyl (C=O) groups excluding carboxylic acids is 1. The molecule has 2 N–H and O–H groups in total. The molecular formula is C20H25NO5. The average molecular weight is 359 g/mol. The number of amides is 1. The van der Waals surface area contributed by atoms with Gasteiger partial charge in [-0.3, -0.25) is 4.79 Å². The lowest BCUT2D eigenvalue weighted by Crippen LogP contribution is -2.43. The van der Waals surface area contributed by atoms with Gasteiger partial charge in [0.2, 0.25) is 0 Å². The monoisotopic (exact) mass is 359 g/mol. The van der Waals surface area contributed by atoms with Crippen LogP contribution in [-0.4, -0.2) is 30.3 Å². The maximum absolute atomic E-state index is 12.2. The molecule has 0 spiro atoms. The molecule has 1 aromatic heterocycles. The Labute approximate surface area is 152 Å². The fourth-order valence-electron chi connectivity index (χ4n) is 3.43. The molecule has 26 heavy (non-hydrogen) atoms. The molecule has 1 heterocycles. The molecule has 3 rings (SSSR count). The van der Waals surface area contributed by atoms with Gasteiger partial charge in [0, 0.05) is 5.56 Å². The second kappa shape index (κ2) is 7.50. The highest BCUT2D eigenvalue weighted by Crippen LogP contribution is 2.35. The average Bonchev–Trinajstić information content (AvgIpc) is 3.07. The number of hydrogen-bond acceptors (Lipinski definition) is 5. The minimum atomic E-state index is -0.303. The van der Waals surface area contributed by atoms with Crippen LogP contribution in [0.4, 0.5) is 0 Å². The molecule has 6 heteroatoms. The number of fused-ring (bicyclic) bond motifs is 3. The maximum Gasteiger partial charge on any atom is 0.339 e. The van der Waals surface area contributed by atoms with E-state index in [1.165, 1.54) is 0 Å². The summed E-state index contributed by atoms with van der Waals surface area (Å²) in [5.74, 6) is 0.393. The molecule has 0 saturated carbocycles. The summed E-state index contributed by atoms with van der Waals surface area (Å²) in [6.45, 7) is 5.48. The fraction of sp³-hybridized carbons (Fsp3) is 0.500. The quantitative estimate of drug-likeness (QED) is 0.771. The van der Waals surface area contributed by atoms with Crippen LogP contribution in [0.25, 0.3) is 11.0 Å². The van der Waals surface area contributed by atoms with Crippen molar-refractivity contribution in [3.8, 4) is 5.75 Å². The van der Waals surface area contributed by atoms with Crippen LogP contribution in [-0.2, 0) is 17.6 Å². The molecule has 0 aliphatic heterocycles. The lowest BCUT2D eigenvalue weighted by atomic mass is 10.0. The van der Waals surface area contributed by atoms with E-state index in [9.17, 15) is 14.7 Å². The van der Waals surface area contributed by atoms with Gasteiger partial charge < -0.3 is 19.6 Å². The Hall–Kier alpha value is -2.34. The van der Waals surface area contributed by atoms with Gasteiger partial charge in [-0.1, -0.05) is 13.8 Å². The fourth-order valence-corrected chi connectivity index (χ4v) is 3.43. The van der Waals surface area contributed by atoms with Crippen molar-refractivity contribution in [2.75, 3.05) is 13.2 Å². The van der Waals surface area contributed by atoms with Crippen molar-refractivity contribution in [3.05, 3.63) is 39.2 Å². The summed E-state index contributed by atoms with van der Waals surface area (Å²) in [5, 5.41) is 12.9. The van der Waals surface area contributed by atoms with Crippen LogP contribution in [0.3, 0.4) is 0 Å². The van der Waals surface area contributed by atoms with Crippen LogP contribution < -0.4 is 15.7 Å². The standard InChI is InChI=1S/C20H25NO5/c1-11(2)15(9-22)21-18(23)10-25-16-7-12(3)8-17-19(16)13-5-4-6-14(13)20(24)26-17/h7-8,11,15,22H,4-6,9-10H2,1-3H3,(H,21,23)/t15-/m0/s1. The minimum absolute atomic E-state index is 0.116. The summed E-state index contributed by atoms with van der Waals surface area (Å²) >= 11 is 0. The van der Waals surface area contributed by atoms with Crippen LogP contribution in [0.2, 0.25) is 0 Å². The van der Waals surface area contributed by atoms with Gasteiger partial charge in [-0.05, 0) is 55.4 Å². The Bertz CT molecular complexity index is 884. The Morgan fingerprint density at radius 3 is 2.73 bits per heavy atom. The van der Waals surface area contributed by atoms with Crippen LogP contribution in [0.5, 0.6) is 5.75 Å². The Morgan fingerprint density at radius 2 is 2.04 bits per heavy atom. The van der Waals surface area contributed by atoms with E-state index in [-0.39, 0.29) is 36.7 Å². The molecule has 1 atom stereocenters. The molecule has 0 bridgehead atoms. The van der Waals surface area contributed by atoms with Gasteiger partial charge in [-0.25, -0.2) is 4.79 Å². The van der Waals surface area contributed by atoms with Crippen molar-refractivity contribution in [2.45, 2.75) is 46.1 Å². The number of ether oxygens (including phenoxy) is 1. The van der Waals surface area contributed by atoms with E-state index in [2.05, 4.69) is 5.32 Å². The molecular weight excluding hydrogens is 334 g/mol. The summed E-state index contributed by atoms with van der Waals surface area (Å²) in [6.07, 6.45) is 2.44. The highest BCUT2D eigenvalue weighted by Gasteiger charge is 2.23. The maximum atomic E-state index is 12.2. The number of aliphatic hydroxyl groups is 1. The summed E-state index contributed by atoms with van der Waals surface area (Å²) in [7, 11) is 0. The summed E-state index contributed by atoms with van der Waals surface area (Å²) in [5.41, 5.74) is 2.81. The zero-order valence-corrected chi connectivity index (χ0v) is 15.4. The van der Waals surface area contributed by atoms with Crippen molar-refractivity contribution < 1.29 is 19.1 Å². The molecule has 1 aliphatic rings. The van der Waals surface area contributed by atoms with Gasteiger partial charge >= 0.3 is 5.63 Å². The van der Waals surface area contributed by atoms with Crippen molar-refractivity contribution in [1.82, 2.24) is 5.32 Å². The summed E-state index contributed by atoms with van der Waals surface area (Å²) in [4.78, 5) is 24.3. The van der Waals surface area contributed by atoms with Crippen LogP contribution in [0.15, 0.2) is 21.3 Å². The lowest BCUT2D eigenvalue weighted by Gasteiger charge is -2.20. The van der Waals surface area contributed by atoms with Gasteiger partial charge in [0.1, 0.15) is 11.3 Å². The number of aliphatic hydroxyl groups excluding tert-OH is 1. The van der Waals surface area contributed by atoms with Crippen LogP contribution in [0, 0.1) is 12.8 Å². The van der Waals surface area contributed by atoms with E-state index in [0.29, 0.717) is 17.8 Å². The molecule has 0 radical (unpaired) electrons. The smallest absolute Gasteiger partial charge is 0.339 e. The third kappa shape index (κ3) is 3.60. The van der Waals surface area contributed by atoms with E-state index >= 15 is 0 Å². The van der Waals surface area contributed by atoms with Crippen LogP contribution >= 0.6 is 0 Å². The molecule has 6 nitrogen and oxygen atoms in total. The van der Waals surface area contributed by atoms with E-state index in [0.717, 1.165) is 34.9 Å². The van der Waals surface area contributed by atoms with E-state index < -0.39 is 0 Å². The van der Waals surface area contributed by atoms with E-state index in [1.807, 2.05) is 32.9 Å². The predicted molar refractivity (Wildman–Crippen MR) is 98.6 cm³/mol. The highest BCUT2D eigenvalue weighted by molar-refractivity contribution is 5.89. The normalized spacial score (nSPS) is 14.5. The van der Waals surface area contributed by atoms with Crippen LogP contribution in [0.1, 0.15) is 37.0 Å². The zero-order chi connectivity index (χ0) is 18.8. The second-order valence-electron chi connectivity index (χ2n) is 7.23. The highest BCUT2D eigenvalue weighted by atomic mass is 16.5. The first kappa shape index (κ1) is 18.5. The third-order valence-corrected chi connectivity index (χ3v) is 4.89. The first-order valence-electron chi connectivity index (χ1n) is 9.03. The zero-order valence-electron chi connectivity index (χ0n) is 15.4. The number of hydrogen-bond donors (Lipinski definition) is 2. The first-order valence-corrected chi connectivity index (χ1v) is 9.03. The lowest BCUT2D eigenvalue weighted by molar-refractivity contribution is -0.124. The number of benzene rings is 1. The second-order valence-corrected chi connectivity index (χ2v) is 7.23.